The van der Waals surface area contributed by atoms with Gasteiger partial charge in [0, 0.05) is 24.3 Å². The van der Waals surface area contributed by atoms with Crippen molar-refractivity contribution in [1.82, 2.24) is 0 Å². The second-order valence-corrected chi connectivity index (χ2v) is 4.75. The number of hydrogen-bond acceptors (Lipinski definition) is 3. The lowest BCUT2D eigenvalue weighted by molar-refractivity contribution is 0.331. The third-order valence-corrected chi connectivity index (χ3v) is 3.46. The zero-order valence-electron chi connectivity index (χ0n) is 10.9. The Morgan fingerprint density at radius 1 is 1.11 bits per heavy atom. The molecular formula is C16H18N2O. The maximum absolute atomic E-state index is 5.79. The normalized spacial score (nSPS) is 14.5. The van der Waals surface area contributed by atoms with E-state index in [2.05, 4.69) is 41.3 Å². The van der Waals surface area contributed by atoms with Crippen molar-refractivity contribution < 1.29 is 4.74 Å². The van der Waals surface area contributed by atoms with Crippen molar-refractivity contribution in [2.75, 3.05) is 18.1 Å². The predicted octanol–water partition coefficient (Wildman–Crippen LogP) is 2.54. The lowest BCUT2D eigenvalue weighted by Gasteiger charge is -2.22. The fraction of sp³-hybridized carbons (Fsp3) is 0.250. The van der Waals surface area contributed by atoms with E-state index in [0.29, 0.717) is 13.2 Å². The van der Waals surface area contributed by atoms with Crippen LogP contribution in [0.1, 0.15) is 11.1 Å². The van der Waals surface area contributed by atoms with Crippen LogP contribution in [0.2, 0.25) is 0 Å². The van der Waals surface area contributed by atoms with Crippen LogP contribution in [0.5, 0.6) is 5.75 Å². The van der Waals surface area contributed by atoms with Crippen LogP contribution in [0.4, 0.5) is 5.69 Å². The minimum Gasteiger partial charge on any atom is -0.491 e. The summed E-state index contributed by atoms with van der Waals surface area (Å²) in [5.74, 6) is 1.000. The molecule has 3 rings (SSSR count). The highest BCUT2D eigenvalue weighted by Crippen LogP contribution is 2.26. The molecule has 0 aliphatic carbocycles. The highest BCUT2D eigenvalue weighted by atomic mass is 16.5. The standard InChI is InChI=1S/C16H18N2O/c17-11-13-4-3-6-15(10-13)18-8-9-19-16-7-2-1-5-14(16)12-18/h1-7,10H,8-9,11-12,17H2. The van der Waals surface area contributed by atoms with Gasteiger partial charge in [-0.3, -0.25) is 0 Å². The zero-order chi connectivity index (χ0) is 13.1. The topological polar surface area (TPSA) is 38.5 Å². The number of fused-ring (bicyclic) bond motifs is 1. The number of hydrogen-bond donors (Lipinski definition) is 1. The number of ether oxygens (including phenoxy) is 1. The Bertz CT molecular complexity index is 568. The van der Waals surface area contributed by atoms with Crippen molar-refractivity contribution in [2.45, 2.75) is 13.1 Å². The summed E-state index contributed by atoms with van der Waals surface area (Å²) < 4.78 is 5.79. The molecule has 0 saturated heterocycles. The van der Waals surface area contributed by atoms with Crippen molar-refractivity contribution in [2.24, 2.45) is 5.73 Å². The molecule has 3 nitrogen and oxygen atoms in total. The smallest absolute Gasteiger partial charge is 0.124 e. The van der Waals surface area contributed by atoms with Gasteiger partial charge in [0.2, 0.25) is 0 Å². The predicted molar refractivity (Wildman–Crippen MR) is 77.3 cm³/mol. The summed E-state index contributed by atoms with van der Waals surface area (Å²) in [6.07, 6.45) is 0. The summed E-state index contributed by atoms with van der Waals surface area (Å²) in [5, 5.41) is 0. The minimum absolute atomic E-state index is 0.578. The number of benzene rings is 2. The Morgan fingerprint density at radius 2 is 2.00 bits per heavy atom. The monoisotopic (exact) mass is 254 g/mol. The van der Waals surface area contributed by atoms with Crippen LogP contribution in [0.3, 0.4) is 0 Å². The summed E-state index contributed by atoms with van der Waals surface area (Å²) >= 11 is 0. The van der Waals surface area contributed by atoms with Crippen LogP contribution >= 0.6 is 0 Å². The summed E-state index contributed by atoms with van der Waals surface area (Å²) in [4.78, 5) is 2.34. The second kappa shape index (κ2) is 5.33. The van der Waals surface area contributed by atoms with Gasteiger partial charge in [0.25, 0.3) is 0 Å². The fourth-order valence-electron chi connectivity index (χ4n) is 2.43. The van der Waals surface area contributed by atoms with E-state index in [0.717, 1.165) is 24.4 Å². The highest BCUT2D eigenvalue weighted by molar-refractivity contribution is 5.51. The molecule has 0 fully saturated rings. The minimum atomic E-state index is 0.578. The first-order valence-electron chi connectivity index (χ1n) is 6.61. The van der Waals surface area contributed by atoms with Crippen LogP contribution < -0.4 is 15.4 Å². The van der Waals surface area contributed by atoms with Gasteiger partial charge in [-0.25, -0.2) is 0 Å². The van der Waals surface area contributed by atoms with E-state index in [-0.39, 0.29) is 0 Å². The van der Waals surface area contributed by atoms with Crippen molar-refractivity contribution in [3.05, 3.63) is 59.7 Å². The van der Waals surface area contributed by atoms with E-state index >= 15 is 0 Å². The maximum Gasteiger partial charge on any atom is 0.124 e. The van der Waals surface area contributed by atoms with Crippen LogP contribution in [0.25, 0.3) is 0 Å². The van der Waals surface area contributed by atoms with E-state index in [1.54, 1.807) is 0 Å². The molecule has 0 aromatic heterocycles. The number of nitrogens with zero attached hydrogens (tertiary/aromatic N) is 1. The average Bonchev–Trinajstić information content (AvgIpc) is 2.69. The molecule has 2 aromatic carbocycles. The molecule has 2 aromatic rings. The van der Waals surface area contributed by atoms with E-state index in [4.69, 9.17) is 10.5 Å². The van der Waals surface area contributed by atoms with Crippen molar-refractivity contribution in [3.8, 4) is 5.75 Å². The molecule has 0 spiro atoms. The van der Waals surface area contributed by atoms with Gasteiger partial charge >= 0.3 is 0 Å². The second-order valence-electron chi connectivity index (χ2n) is 4.75. The molecule has 19 heavy (non-hydrogen) atoms. The maximum atomic E-state index is 5.79. The fourth-order valence-corrected chi connectivity index (χ4v) is 2.43. The number of nitrogens with two attached hydrogens (primary N) is 1. The van der Waals surface area contributed by atoms with Gasteiger partial charge in [0.05, 0.1) is 6.54 Å². The van der Waals surface area contributed by atoms with Crippen LogP contribution in [-0.2, 0) is 13.1 Å². The zero-order valence-corrected chi connectivity index (χ0v) is 10.9. The van der Waals surface area contributed by atoms with Crippen molar-refractivity contribution >= 4 is 5.69 Å². The Balaban J connectivity index is 1.89. The van der Waals surface area contributed by atoms with Crippen LogP contribution in [0, 0.1) is 0 Å². The first kappa shape index (κ1) is 12.1. The molecular weight excluding hydrogens is 236 g/mol. The number of anilines is 1. The largest absolute Gasteiger partial charge is 0.491 e. The Hall–Kier alpha value is -2.00. The molecule has 0 saturated carbocycles. The molecule has 0 radical (unpaired) electrons. The van der Waals surface area contributed by atoms with Gasteiger partial charge in [0.15, 0.2) is 0 Å². The van der Waals surface area contributed by atoms with Gasteiger partial charge in [-0.2, -0.15) is 0 Å². The molecule has 0 unspecified atom stereocenters. The molecule has 3 heteroatoms. The Labute approximate surface area is 113 Å². The summed E-state index contributed by atoms with van der Waals surface area (Å²) in [5.41, 5.74) is 9.32. The highest BCUT2D eigenvalue weighted by Gasteiger charge is 2.15. The third kappa shape index (κ3) is 2.56. The van der Waals surface area contributed by atoms with Crippen molar-refractivity contribution in [1.29, 1.82) is 0 Å². The van der Waals surface area contributed by atoms with E-state index in [9.17, 15) is 0 Å². The quantitative estimate of drug-likeness (QED) is 0.895. The van der Waals surface area contributed by atoms with Gasteiger partial charge in [-0.1, -0.05) is 30.3 Å². The lowest BCUT2D eigenvalue weighted by atomic mass is 10.1. The summed E-state index contributed by atoms with van der Waals surface area (Å²) in [7, 11) is 0. The number of para-hydroxylation sites is 1. The van der Waals surface area contributed by atoms with E-state index in [1.165, 1.54) is 11.3 Å². The van der Waals surface area contributed by atoms with E-state index in [1.807, 2.05) is 12.1 Å². The Morgan fingerprint density at radius 3 is 2.89 bits per heavy atom. The van der Waals surface area contributed by atoms with Gasteiger partial charge < -0.3 is 15.4 Å². The van der Waals surface area contributed by atoms with Gasteiger partial charge in [-0.15, -0.1) is 0 Å². The first-order valence-corrected chi connectivity index (χ1v) is 6.61. The number of rotatable bonds is 2. The summed E-state index contributed by atoms with van der Waals surface area (Å²) in [6.45, 7) is 3.06. The molecule has 1 aliphatic rings. The van der Waals surface area contributed by atoms with Gasteiger partial charge in [-0.05, 0) is 23.8 Å². The molecule has 0 bridgehead atoms. The van der Waals surface area contributed by atoms with Gasteiger partial charge in [0.1, 0.15) is 12.4 Å². The molecule has 2 N–H and O–H groups in total. The third-order valence-electron chi connectivity index (χ3n) is 3.46. The first-order chi connectivity index (χ1) is 9.36. The molecule has 1 aliphatic heterocycles. The van der Waals surface area contributed by atoms with Crippen LogP contribution in [-0.4, -0.2) is 13.2 Å². The SMILES string of the molecule is NCc1cccc(N2CCOc3ccccc3C2)c1. The van der Waals surface area contributed by atoms with Crippen molar-refractivity contribution in [3.63, 3.8) is 0 Å². The molecule has 98 valence electrons. The van der Waals surface area contributed by atoms with E-state index < -0.39 is 0 Å². The molecule has 0 atom stereocenters. The molecule has 0 amide bonds. The summed E-state index contributed by atoms with van der Waals surface area (Å²) in [6, 6.07) is 16.7. The Kier molecular flexibility index (Phi) is 3.38. The molecule has 1 heterocycles. The average molecular weight is 254 g/mol. The van der Waals surface area contributed by atoms with Crippen LogP contribution in [0.15, 0.2) is 48.5 Å². The lowest BCUT2D eigenvalue weighted by Crippen LogP contribution is -2.25.